The second-order valence-corrected chi connectivity index (χ2v) is 8.71. The fraction of sp³-hybridized carbons (Fsp3) is 0.652. The summed E-state index contributed by atoms with van der Waals surface area (Å²) in [5, 5.41) is 3.00. The molecule has 1 aromatic rings. The molecule has 1 saturated heterocycles. The molecule has 1 aromatic carbocycles. The Balaban J connectivity index is 1.24. The lowest BCUT2D eigenvalue weighted by Crippen LogP contribution is -2.44. The summed E-state index contributed by atoms with van der Waals surface area (Å²) in [6.07, 6.45) is 10.2. The summed E-state index contributed by atoms with van der Waals surface area (Å²) in [6, 6.07) is 7.76. The highest BCUT2D eigenvalue weighted by molar-refractivity contribution is 5.94. The largest absolute Gasteiger partial charge is 0.493 e. The molecule has 0 bridgehead atoms. The van der Waals surface area contributed by atoms with E-state index in [9.17, 15) is 9.59 Å². The molecule has 4 rings (SSSR count). The molecule has 2 saturated carbocycles. The van der Waals surface area contributed by atoms with Gasteiger partial charge in [-0.25, -0.2) is 0 Å². The van der Waals surface area contributed by atoms with Gasteiger partial charge >= 0.3 is 0 Å². The van der Waals surface area contributed by atoms with Crippen molar-refractivity contribution in [3.05, 3.63) is 29.8 Å². The normalized spacial score (nSPS) is 23.3. The van der Waals surface area contributed by atoms with Gasteiger partial charge in [0.1, 0.15) is 5.75 Å². The predicted octanol–water partition coefficient (Wildman–Crippen LogP) is 3.78. The maximum absolute atomic E-state index is 12.8. The van der Waals surface area contributed by atoms with E-state index in [4.69, 9.17) is 4.74 Å². The number of nitrogens with one attached hydrogen (secondary N) is 1. The number of benzene rings is 1. The minimum Gasteiger partial charge on any atom is -0.493 e. The van der Waals surface area contributed by atoms with Crippen LogP contribution in [0.15, 0.2) is 24.3 Å². The Kier molecular flexibility index (Phi) is 6.18. The number of hydrogen-bond acceptors (Lipinski definition) is 3. The first-order valence-corrected chi connectivity index (χ1v) is 11.0. The zero-order valence-corrected chi connectivity index (χ0v) is 16.7. The third-order valence-electron chi connectivity index (χ3n) is 6.30. The molecule has 2 aliphatic carbocycles. The van der Waals surface area contributed by atoms with Gasteiger partial charge in [-0.15, -0.1) is 0 Å². The Bertz CT molecular complexity index is 678. The van der Waals surface area contributed by atoms with Gasteiger partial charge in [-0.2, -0.15) is 0 Å². The van der Waals surface area contributed by atoms with Crippen LogP contribution in [0, 0.1) is 11.8 Å². The average Bonchev–Trinajstić information content (AvgIpc) is 3.57. The summed E-state index contributed by atoms with van der Waals surface area (Å²) < 4.78 is 5.98. The van der Waals surface area contributed by atoms with Gasteiger partial charge in [-0.05, 0) is 62.8 Å². The van der Waals surface area contributed by atoms with Crippen molar-refractivity contribution in [3.8, 4) is 5.75 Å². The van der Waals surface area contributed by atoms with Gasteiger partial charge in [-0.3, -0.25) is 9.59 Å². The molecule has 1 N–H and O–H groups in total. The standard InChI is InChI=1S/C23H32N2O3/c26-22(24-20-10-11-20)18-8-12-21(13-9-18)28-16-17-5-4-14-25(15-17)23(27)19-6-2-1-3-7-19/h8-9,12-13,17,19-20H,1-7,10-11,14-16H2,(H,24,26)/t17-/m0/s1. The monoisotopic (exact) mass is 384 g/mol. The van der Waals surface area contributed by atoms with E-state index < -0.39 is 0 Å². The van der Waals surface area contributed by atoms with Gasteiger partial charge in [-0.1, -0.05) is 19.3 Å². The third-order valence-corrected chi connectivity index (χ3v) is 6.30. The Morgan fingerprint density at radius 2 is 1.71 bits per heavy atom. The molecule has 0 radical (unpaired) electrons. The van der Waals surface area contributed by atoms with E-state index in [2.05, 4.69) is 10.2 Å². The number of hydrogen-bond donors (Lipinski definition) is 1. The van der Waals surface area contributed by atoms with Crippen molar-refractivity contribution in [1.29, 1.82) is 0 Å². The molecule has 1 aliphatic heterocycles. The number of piperidine rings is 1. The Labute approximate surface area is 167 Å². The summed E-state index contributed by atoms with van der Waals surface area (Å²) in [5.41, 5.74) is 0.682. The first kappa shape index (κ1) is 19.3. The molecule has 5 nitrogen and oxygen atoms in total. The summed E-state index contributed by atoms with van der Waals surface area (Å²) in [6.45, 7) is 2.34. The van der Waals surface area contributed by atoms with E-state index in [0.29, 0.717) is 30.0 Å². The Hall–Kier alpha value is -2.04. The third kappa shape index (κ3) is 5.06. The second-order valence-electron chi connectivity index (χ2n) is 8.71. The zero-order valence-electron chi connectivity index (χ0n) is 16.7. The van der Waals surface area contributed by atoms with Crippen molar-refractivity contribution < 1.29 is 14.3 Å². The highest BCUT2D eigenvalue weighted by atomic mass is 16.5. The van der Waals surface area contributed by atoms with E-state index in [1.54, 1.807) is 0 Å². The van der Waals surface area contributed by atoms with E-state index in [0.717, 1.165) is 57.4 Å². The number of ether oxygens (including phenoxy) is 1. The molecular formula is C23H32N2O3. The summed E-state index contributed by atoms with van der Waals surface area (Å²) in [7, 11) is 0. The molecule has 0 aromatic heterocycles. The number of amides is 2. The molecular weight excluding hydrogens is 352 g/mol. The van der Waals surface area contributed by atoms with E-state index >= 15 is 0 Å². The molecule has 1 atom stereocenters. The van der Waals surface area contributed by atoms with Gasteiger partial charge in [0.2, 0.25) is 5.91 Å². The lowest BCUT2D eigenvalue weighted by molar-refractivity contribution is -0.138. The second kappa shape index (κ2) is 8.97. The van der Waals surface area contributed by atoms with Crippen molar-refractivity contribution in [2.24, 2.45) is 11.8 Å². The smallest absolute Gasteiger partial charge is 0.251 e. The molecule has 5 heteroatoms. The van der Waals surface area contributed by atoms with Crippen LogP contribution in [-0.4, -0.2) is 42.5 Å². The van der Waals surface area contributed by atoms with Crippen LogP contribution >= 0.6 is 0 Å². The number of nitrogens with zero attached hydrogens (tertiary/aromatic N) is 1. The van der Waals surface area contributed by atoms with Crippen molar-refractivity contribution >= 4 is 11.8 Å². The van der Waals surface area contributed by atoms with Gasteiger partial charge in [0, 0.05) is 36.5 Å². The van der Waals surface area contributed by atoms with Crippen molar-refractivity contribution in [2.75, 3.05) is 19.7 Å². The molecule has 0 unspecified atom stereocenters. The SMILES string of the molecule is O=C(NC1CC1)c1ccc(OC[C@H]2CCCN(C(=O)C3CCCCC3)C2)cc1. The van der Waals surface area contributed by atoms with Crippen LogP contribution in [0.25, 0.3) is 0 Å². The highest BCUT2D eigenvalue weighted by Crippen LogP contribution is 2.28. The zero-order chi connectivity index (χ0) is 19.3. The van der Waals surface area contributed by atoms with Gasteiger partial charge in [0.25, 0.3) is 5.91 Å². The maximum Gasteiger partial charge on any atom is 0.251 e. The summed E-state index contributed by atoms with van der Waals surface area (Å²) >= 11 is 0. The predicted molar refractivity (Wildman–Crippen MR) is 108 cm³/mol. The average molecular weight is 385 g/mol. The molecule has 152 valence electrons. The summed E-state index contributed by atoms with van der Waals surface area (Å²) in [5.74, 6) is 1.80. The molecule has 3 aliphatic rings. The van der Waals surface area contributed by atoms with Gasteiger partial charge in [0.05, 0.1) is 6.61 Å². The van der Waals surface area contributed by atoms with Crippen molar-refractivity contribution in [3.63, 3.8) is 0 Å². The lowest BCUT2D eigenvalue weighted by Gasteiger charge is -2.35. The fourth-order valence-corrected chi connectivity index (χ4v) is 4.42. The first-order valence-electron chi connectivity index (χ1n) is 11.0. The van der Waals surface area contributed by atoms with E-state index in [1.165, 1.54) is 19.3 Å². The highest BCUT2D eigenvalue weighted by Gasteiger charge is 2.30. The lowest BCUT2D eigenvalue weighted by atomic mass is 9.87. The minimum absolute atomic E-state index is 0.00167. The number of carbonyl (C=O) groups is 2. The Morgan fingerprint density at radius 3 is 2.43 bits per heavy atom. The first-order chi connectivity index (χ1) is 13.7. The van der Waals surface area contributed by atoms with Gasteiger partial charge < -0.3 is 15.0 Å². The molecule has 0 spiro atoms. The Morgan fingerprint density at radius 1 is 0.964 bits per heavy atom. The number of likely N-dealkylation sites (tertiary alicyclic amines) is 1. The van der Waals surface area contributed by atoms with Crippen LogP contribution in [0.5, 0.6) is 5.75 Å². The van der Waals surface area contributed by atoms with Crippen LogP contribution in [0.3, 0.4) is 0 Å². The van der Waals surface area contributed by atoms with Crippen LogP contribution in [0.4, 0.5) is 0 Å². The number of carbonyl (C=O) groups excluding carboxylic acids is 2. The molecule has 1 heterocycles. The van der Waals surface area contributed by atoms with Crippen LogP contribution in [0.1, 0.15) is 68.1 Å². The molecule has 28 heavy (non-hydrogen) atoms. The van der Waals surface area contributed by atoms with Crippen LogP contribution < -0.4 is 10.1 Å². The number of rotatable bonds is 6. The molecule has 3 fully saturated rings. The maximum atomic E-state index is 12.8. The van der Waals surface area contributed by atoms with Crippen molar-refractivity contribution in [2.45, 2.75) is 63.8 Å². The topological polar surface area (TPSA) is 58.6 Å². The van der Waals surface area contributed by atoms with Crippen molar-refractivity contribution in [1.82, 2.24) is 10.2 Å². The van der Waals surface area contributed by atoms with Crippen LogP contribution in [-0.2, 0) is 4.79 Å². The van der Waals surface area contributed by atoms with E-state index in [-0.39, 0.29) is 11.8 Å². The van der Waals surface area contributed by atoms with Gasteiger partial charge in [0.15, 0.2) is 0 Å². The van der Waals surface area contributed by atoms with E-state index in [1.807, 2.05) is 24.3 Å². The molecule has 2 amide bonds. The quantitative estimate of drug-likeness (QED) is 0.812. The fourth-order valence-electron chi connectivity index (χ4n) is 4.42. The summed E-state index contributed by atoms with van der Waals surface area (Å²) in [4.78, 5) is 26.9. The minimum atomic E-state index is -0.00167. The van der Waals surface area contributed by atoms with Crippen LogP contribution in [0.2, 0.25) is 0 Å².